The van der Waals surface area contributed by atoms with E-state index in [1.165, 1.54) is 10.2 Å². The first-order chi connectivity index (χ1) is 15.8. The van der Waals surface area contributed by atoms with Gasteiger partial charge in [0.15, 0.2) is 11.5 Å². The monoisotopic (exact) mass is 467 g/mol. The van der Waals surface area contributed by atoms with Gasteiger partial charge in [-0.15, -0.1) is 12.4 Å². The van der Waals surface area contributed by atoms with Gasteiger partial charge in [0.2, 0.25) is 0 Å². The van der Waals surface area contributed by atoms with Gasteiger partial charge in [0, 0.05) is 6.54 Å². The molecule has 0 unspecified atom stereocenters. The summed E-state index contributed by atoms with van der Waals surface area (Å²) in [5.41, 5.74) is 3.16. The third kappa shape index (κ3) is 6.21. The SMILES string of the molecule is COc1ccc(CCNCc2ccc(Oc3nnnn3-c3ccccc3)c(OC)c2)cc1.Cl. The van der Waals surface area contributed by atoms with Gasteiger partial charge in [-0.2, -0.15) is 4.68 Å². The van der Waals surface area contributed by atoms with Gasteiger partial charge in [0.05, 0.1) is 19.9 Å². The average molecular weight is 468 g/mol. The van der Waals surface area contributed by atoms with E-state index < -0.39 is 0 Å². The lowest BCUT2D eigenvalue weighted by atomic mass is 10.1. The second-order valence-corrected chi connectivity index (χ2v) is 7.07. The molecule has 0 spiro atoms. The van der Waals surface area contributed by atoms with Crippen LogP contribution in [0, 0.1) is 0 Å². The van der Waals surface area contributed by atoms with Crippen molar-refractivity contribution in [2.45, 2.75) is 13.0 Å². The van der Waals surface area contributed by atoms with E-state index >= 15 is 0 Å². The van der Waals surface area contributed by atoms with Crippen LogP contribution in [0.15, 0.2) is 72.8 Å². The number of benzene rings is 3. The maximum absolute atomic E-state index is 5.95. The Kier molecular flexibility index (Phi) is 8.63. The zero-order valence-corrected chi connectivity index (χ0v) is 19.3. The van der Waals surface area contributed by atoms with Crippen LogP contribution in [-0.4, -0.2) is 41.0 Å². The molecule has 0 aliphatic heterocycles. The van der Waals surface area contributed by atoms with E-state index in [0.717, 1.165) is 30.0 Å². The van der Waals surface area contributed by atoms with Gasteiger partial charge >= 0.3 is 6.01 Å². The summed E-state index contributed by atoms with van der Waals surface area (Å²) in [4.78, 5) is 0. The molecule has 8 nitrogen and oxygen atoms in total. The molecule has 33 heavy (non-hydrogen) atoms. The molecule has 4 aromatic rings. The van der Waals surface area contributed by atoms with Crippen molar-refractivity contribution in [2.75, 3.05) is 20.8 Å². The Hall–Kier alpha value is -3.62. The number of tetrazole rings is 1. The fraction of sp³-hybridized carbons (Fsp3) is 0.208. The Labute approximate surface area is 198 Å². The minimum atomic E-state index is 0. The molecule has 0 fully saturated rings. The first kappa shape index (κ1) is 24.0. The first-order valence-electron chi connectivity index (χ1n) is 10.3. The Morgan fingerprint density at radius 1 is 0.848 bits per heavy atom. The molecule has 0 amide bonds. The average Bonchev–Trinajstić information content (AvgIpc) is 3.31. The number of nitrogens with one attached hydrogen (secondary N) is 1. The first-order valence-corrected chi connectivity index (χ1v) is 10.3. The van der Waals surface area contributed by atoms with E-state index in [-0.39, 0.29) is 18.4 Å². The summed E-state index contributed by atoms with van der Waals surface area (Å²) in [5.74, 6) is 2.03. The molecule has 4 rings (SSSR count). The largest absolute Gasteiger partial charge is 0.497 e. The van der Waals surface area contributed by atoms with Crippen LogP contribution < -0.4 is 19.5 Å². The molecule has 0 bridgehead atoms. The number of nitrogens with zero attached hydrogens (tertiary/aromatic N) is 4. The number of methoxy groups -OCH3 is 2. The summed E-state index contributed by atoms with van der Waals surface area (Å²) in [5, 5.41) is 15.2. The molecular formula is C24H26ClN5O3. The van der Waals surface area contributed by atoms with Crippen LogP contribution in [0.4, 0.5) is 0 Å². The van der Waals surface area contributed by atoms with Gasteiger partial charge in [-0.05, 0) is 70.9 Å². The van der Waals surface area contributed by atoms with Crippen LogP contribution in [0.25, 0.3) is 5.69 Å². The van der Waals surface area contributed by atoms with Crippen molar-refractivity contribution >= 4 is 12.4 Å². The molecule has 172 valence electrons. The molecule has 0 saturated heterocycles. The number of aromatic nitrogens is 4. The van der Waals surface area contributed by atoms with E-state index in [9.17, 15) is 0 Å². The molecule has 1 aromatic heterocycles. The molecule has 0 atom stereocenters. The second-order valence-electron chi connectivity index (χ2n) is 7.07. The summed E-state index contributed by atoms with van der Waals surface area (Å²) in [6.45, 7) is 1.58. The van der Waals surface area contributed by atoms with Gasteiger partial charge in [-0.1, -0.05) is 41.5 Å². The minimum absolute atomic E-state index is 0. The number of ether oxygens (including phenoxy) is 3. The number of para-hydroxylation sites is 1. The van der Waals surface area contributed by atoms with Crippen molar-refractivity contribution in [3.8, 4) is 28.9 Å². The van der Waals surface area contributed by atoms with E-state index in [1.54, 1.807) is 14.2 Å². The standard InChI is InChI=1S/C24H25N5O3.ClH/c1-30-21-11-8-18(9-12-21)14-15-25-17-19-10-13-22(23(16-19)31-2)32-24-26-27-28-29(24)20-6-4-3-5-7-20;/h3-13,16,25H,14-15,17H2,1-2H3;1H. The summed E-state index contributed by atoms with van der Waals surface area (Å²) < 4.78 is 18.2. The number of hydrogen-bond donors (Lipinski definition) is 1. The smallest absolute Gasteiger partial charge is 0.346 e. The molecule has 0 aliphatic rings. The van der Waals surface area contributed by atoms with Crippen LogP contribution in [0.3, 0.4) is 0 Å². The summed E-state index contributed by atoms with van der Waals surface area (Å²) in [6.07, 6.45) is 0.935. The predicted molar refractivity (Wildman–Crippen MR) is 128 cm³/mol. The quantitative estimate of drug-likeness (QED) is 0.349. The highest BCUT2D eigenvalue weighted by Gasteiger charge is 2.14. The highest BCUT2D eigenvalue weighted by molar-refractivity contribution is 5.85. The van der Waals surface area contributed by atoms with Gasteiger partial charge in [0.1, 0.15) is 5.75 Å². The van der Waals surface area contributed by atoms with Crippen LogP contribution in [0.2, 0.25) is 0 Å². The maximum Gasteiger partial charge on any atom is 0.346 e. The summed E-state index contributed by atoms with van der Waals surface area (Å²) >= 11 is 0. The fourth-order valence-corrected chi connectivity index (χ4v) is 3.24. The number of rotatable bonds is 10. The van der Waals surface area contributed by atoms with E-state index in [4.69, 9.17) is 14.2 Å². The van der Waals surface area contributed by atoms with E-state index in [0.29, 0.717) is 18.0 Å². The van der Waals surface area contributed by atoms with Crippen LogP contribution in [-0.2, 0) is 13.0 Å². The molecule has 0 aliphatic carbocycles. The van der Waals surface area contributed by atoms with Crippen molar-refractivity contribution in [3.05, 3.63) is 83.9 Å². The summed E-state index contributed by atoms with van der Waals surface area (Å²) in [6, 6.07) is 23.8. The molecule has 0 saturated carbocycles. The second kappa shape index (κ2) is 11.8. The van der Waals surface area contributed by atoms with Crippen LogP contribution >= 0.6 is 12.4 Å². The molecule has 3 aromatic carbocycles. The molecule has 1 N–H and O–H groups in total. The highest BCUT2D eigenvalue weighted by Crippen LogP contribution is 2.32. The highest BCUT2D eigenvalue weighted by atomic mass is 35.5. The van der Waals surface area contributed by atoms with Gasteiger partial charge in [-0.3, -0.25) is 0 Å². The lowest BCUT2D eigenvalue weighted by Gasteiger charge is -2.12. The minimum Gasteiger partial charge on any atom is -0.497 e. The number of halogens is 1. The Balaban J connectivity index is 0.00000306. The van der Waals surface area contributed by atoms with E-state index in [1.807, 2.05) is 60.7 Å². The predicted octanol–water partition coefficient (Wildman–Crippen LogP) is 4.23. The molecule has 0 radical (unpaired) electrons. The van der Waals surface area contributed by atoms with Gasteiger partial charge < -0.3 is 19.5 Å². The Morgan fingerprint density at radius 3 is 2.33 bits per heavy atom. The molecule has 1 heterocycles. The lowest BCUT2D eigenvalue weighted by Crippen LogP contribution is -2.16. The number of hydrogen-bond acceptors (Lipinski definition) is 7. The van der Waals surface area contributed by atoms with Crippen molar-refractivity contribution in [1.29, 1.82) is 0 Å². The molecule has 9 heteroatoms. The van der Waals surface area contributed by atoms with Crippen molar-refractivity contribution in [2.24, 2.45) is 0 Å². The van der Waals surface area contributed by atoms with Gasteiger partial charge in [-0.25, -0.2) is 0 Å². The topological polar surface area (TPSA) is 83.3 Å². The zero-order chi connectivity index (χ0) is 22.2. The normalized spacial score (nSPS) is 10.4. The molecular weight excluding hydrogens is 442 g/mol. The lowest BCUT2D eigenvalue weighted by molar-refractivity contribution is 0.362. The Morgan fingerprint density at radius 2 is 1.61 bits per heavy atom. The van der Waals surface area contributed by atoms with E-state index in [2.05, 4.69) is 33.0 Å². The van der Waals surface area contributed by atoms with Gasteiger partial charge in [0.25, 0.3) is 0 Å². The van der Waals surface area contributed by atoms with Crippen molar-refractivity contribution < 1.29 is 14.2 Å². The van der Waals surface area contributed by atoms with Crippen molar-refractivity contribution in [1.82, 2.24) is 25.5 Å². The fourth-order valence-electron chi connectivity index (χ4n) is 3.24. The van der Waals surface area contributed by atoms with Crippen molar-refractivity contribution in [3.63, 3.8) is 0 Å². The Bertz CT molecular complexity index is 1140. The zero-order valence-electron chi connectivity index (χ0n) is 18.5. The van der Waals surface area contributed by atoms with Crippen LogP contribution in [0.5, 0.6) is 23.3 Å². The van der Waals surface area contributed by atoms with Crippen LogP contribution in [0.1, 0.15) is 11.1 Å². The summed E-state index contributed by atoms with van der Waals surface area (Å²) in [7, 11) is 3.29. The third-order valence-corrected chi connectivity index (χ3v) is 4.95. The third-order valence-electron chi connectivity index (χ3n) is 4.95. The maximum atomic E-state index is 5.95.